The Morgan fingerprint density at radius 3 is 2.59 bits per heavy atom. The smallest absolute Gasteiger partial charge is 0.346 e. The van der Waals surface area contributed by atoms with Crippen LogP contribution in [-0.2, 0) is 26.4 Å². The second-order valence-electron chi connectivity index (χ2n) is 5.82. The highest BCUT2D eigenvalue weighted by molar-refractivity contribution is 5.74. The summed E-state index contributed by atoms with van der Waals surface area (Å²) in [5.74, 6) is 1.11. The summed E-state index contributed by atoms with van der Waals surface area (Å²) in [7, 11) is 1.31. The summed E-state index contributed by atoms with van der Waals surface area (Å²) in [5.41, 5.74) is 2.81. The summed E-state index contributed by atoms with van der Waals surface area (Å²) in [6.45, 7) is 4.31. The van der Waals surface area contributed by atoms with Gasteiger partial charge in [0.2, 0.25) is 0 Å². The van der Waals surface area contributed by atoms with Crippen molar-refractivity contribution in [1.82, 2.24) is 0 Å². The van der Waals surface area contributed by atoms with Crippen molar-refractivity contribution in [2.75, 3.05) is 7.11 Å². The molecular weight excluding hydrogens is 280 g/mol. The van der Waals surface area contributed by atoms with Crippen LogP contribution in [0.5, 0.6) is 11.5 Å². The van der Waals surface area contributed by atoms with Gasteiger partial charge in [-0.3, -0.25) is 4.89 Å². The zero-order valence-electron chi connectivity index (χ0n) is 12.9. The lowest BCUT2D eigenvalue weighted by atomic mass is 9.75. The van der Waals surface area contributed by atoms with Crippen molar-refractivity contribution >= 4 is 5.97 Å². The van der Waals surface area contributed by atoms with Crippen LogP contribution >= 0.6 is 0 Å². The van der Waals surface area contributed by atoms with E-state index in [2.05, 4.69) is 29.7 Å². The third kappa shape index (κ3) is 2.35. The highest BCUT2D eigenvalue weighted by Gasteiger charge is 2.35. The van der Waals surface area contributed by atoms with Gasteiger partial charge in [0.25, 0.3) is 0 Å². The first kappa shape index (κ1) is 14.6. The lowest BCUT2D eigenvalue weighted by molar-refractivity contribution is -0.254. The summed E-state index contributed by atoms with van der Waals surface area (Å²) < 4.78 is 6.07. The van der Waals surface area contributed by atoms with Crippen LogP contribution in [0.4, 0.5) is 0 Å². The molecule has 1 aliphatic heterocycles. The molecule has 114 valence electrons. The molecule has 0 aromatic heterocycles. The van der Waals surface area contributed by atoms with Crippen LogP contribution in [0.3, 0.4) is 0 Å². The Morgan fingerprint density at radius 1 is 1.09 bits per heavy atom. The first-order valence-electron chi connectivity index (χ1n) is 7.17. The number of ether oxygens (including phenoxy) is 1. The molecule has 0 fully saturated rings. The molecular formula is C18H18O4. The first-order valence-corrected chi connectivity index (χ1v) is 7.17. The van der Waals surface area contributed by atoms with E-state index in [9.17, 15) is 4.79 Å². The molecule has 2 aromatic rings. The fourth-order valence-electron chi connectivity index (χ4n) is 2.94. The Balaban J connectivity index is 2.06. The minimum atomic E-state index is -0.448. The van der Waals surface area contributed by atoms with E-state index in [0.29, 0.717) is 0 Å². The Hall–Kier alpha value is -2.33. The van der Waals surface area contributed by atoms with Gasteiger partial charge < -0.3 is 4.74 Å². The third-order valence-corrected chi connectivity index (χ3v) is 4.05. The average Bonchev–Trinajstić information content (AvgIpc) is 2.49. The van der Waals surface area contributed by atoms with Crippen LogP contribution in [0.2, 0.25) is 0 Å². The van der Waals surface area contributed by atoms with Crippen molar-refractivity contribution in [3.63, 3.8) is 0 Å². The molecule has 1 heterocycles. The van der Waals surface area contributed by atoms with Crippen LogP contribution in [0.15, 0.2) is 42.5 Å². The fraction of sp³-hybridized carbons (Fsp3) is 0.278. The largest absolute Gasteiger partial charge is 0.456 e. The van der Waals surface area contributed by atoms with Crippen LogP contribution in [0, 0.1) is 0 Å². The van der Waals surface area contributed by atoms with E-state index < -0.39 is 5.97 Å². The Labute approximate surface area is 129 Å². The van der Waals surface area contributed by atoms with Gasteiger partial charge >= 0.3 is 5.97 Å². The van der Waals surface area contributed by atoms with Gasteiger partial charge in [0, 0.05) is 22.1 Å². The topological polar surface area (TPSA) is 44.8 Å². The number of hydrogen-bond acceptors (Lipinski definition) is 4. The fourth-order valence-corrected chi connectivity index (χ4v) is 2.94. The molecule has 0 bridgehead atoms. The molecule has 3 rings (SSSR count). The van der Waals surface area contributed by atoms with Crippen LogP contribution < -0.4 is 4.74 Å². The minimum absolute atomic E-state index is 0.106. The lowest BCUT2D eigenvalue weighted by Gasteiger charge is -2.35. The number of rotatable bonds is 3. The van der Waals surface area contributed by atoms with Gasteiger partial charge in [-0.05, 0) is 6.07 Å². The quantitative estimate of drug-likeness (QED) is 0.639. The van der Waals surface area contributed by atoms with E-state index in [-0.39, 0.29) is 11.8 Å². The predicted molar refractivity (Wildman–Crippen MR) is 81.9 cm³/mol. The van der Waals surface area contributed by atoms with E-state index in [4.69, 9.17) is 4.74 Å². The van der Waals surface area contributed by atoms with E-state index in [1.165, 1.54) is 7.11 Å². The summed E-state index contributed by atoms with van der Waals surface area (Å²) >= 11 is 0. The van der Waals surface area contributed by atoms with E-state index in [0.717, 1.165) is 28.2 Å². The van der Waals surface area contributed by atoms with Crippen molar-refractivity contribution in [2.45, 2.75) is 25.7 Å². The summed E-state index contributed by atoms with van der Waals surface area (Å²) in [6, 6.07) is 13.8. The number of fused-ring (bicyclic) bond motifs is 2. The highest BCUT2D eigenvalue weighted by Crippen LogP contribution is 2.48. The number of hydrogen-bond donors (Lipinski definition) is 0. The summed E-state index contributed by atoms with van der Waals surface area (Å²) in [5, 5.41) is 0. The minimum Gasteiger partial charge on any atom is -0.456 e. The van der Waals surface area contributed by atoms with Crippen LogP contribution in [-0.4, -0.2) is 13.1 Å². The summed E-state index contributed by atoms with van der Waals surface area (Å²) in [6.07, 6.45) is 0.106. The van der Waals surface area contributed by atoms with Crippen molar-refractivity contribution in [2.24, 2.45) is 0 Å². The Morgan fingerprint density at radius 2 is 1.82 bits per heavy atom. The number of para-hydroxylation sites is 2. The highest BCUT2D eigenvalue weighted by atomic mass is 17.2. The van der Waals surface area contributed by atoms with E-state index in [1.807, 2.05) is 36.4 Å². The molecule has 0 atom stereocenters. The van der Waals surface area contributed by atoms with Crippen molar-refractivity contribution in [3.05, 3.63) is 59.2 Å². The number of carbonyl (C=O) groups is 1. The number of benzene rings is 2. The van der Waals surface area contributed by atoms with Gasteiger partial charge in [-0.25, -0.2) is 4.79 Å². The molecule has 0 spiro atoms. The van der Waals surface area contributed by atoms with Crippen molar-refractivity contribution in [3.8, 4) is 11.5 Å². The van der Waals surface area contributed by atoms with Crippen molar-refractivity contribution in [1.29, 1.82) is 0 Å². The van der Waals surface area contributed by atoms with Gasteiger partial charge in [-0.15, -0.1) is 0 Å². The van der Waals surface area contributed by atoms with Crippen LogP contribution in [0.25, 0.3) is 0 Å². The average molecular weight is 298 g/mol. The third-order valence-electron chi connectivity index (χ3n) is 4.05. The maximum Gasteiger partial charge on any atom is 0.346 e. The van der Waals surface area contributed by atoms with Crippen LogP contribution in [0.1, 0.15) is 30.5 Å². The van der Waals surface area contributed by atoms with Gasteiger partial charge in [0.1, 0.15) is 11.5 Å². The second kappa shape index (κ2) is 5.46. The molecule has 4 nitrogen and oxygen atoms in total. The molecule has 1 aliphatic rings. The maximum absolute atomic E-state index is 11.7. The molecule has 0 aliphatic carbocycles. The van der Waals surface area contributed by atoms with Gasteiger partial charge in [0.15, 0.2) is 0 Å². The van der Waals surface area contributed by atoms with Gasteiger partial charge in [-0.1, -0.05) is 50.2 Å². The zero-order valence-corrected chi connectivity index (χ0v) is 12.9. The lowest BCUT2D eigenvalue weighted by Crippen LogP contribution is -2.25. The van der Waals surface area contributed by atoms with Gasteiger partial charge in [0.05, 0.1) is 13.5 Å². The first-order chi connectivity index (χ1) is 10.5. The van der Waals surface area contributed by atoms with E-state index in [1.54, 1.807) is 0 Å². The zero-order chi connectivity index (χ0) is 15.7. The molecule has 0 radical (unpaired) electrons. The standard InChI is InChI=1S/C18H18O4/c1-18(2)13-8-4-5-10-15(13)21-17-12(7-6-9-14(17)18)11-16(19)22-20-3/h4-10H,11H2,1-3H3. The monoisotopic (exact) mass is 298 g/mol. The van der Waals surface area contributed by atoms with Gasteiger partial charge in [-0.2, -0.15) is 4.89 Å². The Kier molecular flexibility index (Phi) is 3.62. The molecule has 0 N–H and O–H groups in total. The molecule has 4 heteroatoms. The normalized spacial score (nSPS) is 14.5. The molecule has 0 saturated heterocycles. The summed E-state index contributed by atoms with van der Waals surface area (Å²) in [4.78, 5) is 20.7. The molecule has 22 heavy (non-hydrogen) atoms. The van der Waals surface area contributed by atoms with E-state index >= 15 is 0 Å². The second-order valence-corrected chi connectivity index (χ2v) is 5.82. The maximum atomic E-state index is 11.7. The molecule has 0 saturated carbocycles. The SMILES string of the molecule is COOC(=O)Cc1cccc2c1Oc1ccccc1C2(C)C. The number of carbonyl (C=O) groups excluding carboxylic acids is 1. The predicted octanol–water partition coefficient (Wildman–Crippen LogP) is 3.77. The Bertz CT molecular complexity index is 719. The molecule has 0 unspecified atom stereocenters. The molecule has 0 amide bonds. The van der Waals surface area contributed by atoms with Crippen molar-refractivity contribution < 1.29 is 19.3 Å². The molecule has 2 aromatic carbocycles.